The summed E-state index contributed by atoms with van der Waals surface area (Å²) < 4.78 is 11.8. The maximum atomic E-state index is 12.4. The van der Waals surface area contributed by atoms with E-state index in [-0.39, 0.29) is 18.1 Å². The van der Waals surface area contributed by atoms with Crippen molar-refractivity contribution in [1.82, 2.24) is 10.2 Å². The van der Waals surface area contributed by atoms with Crippen molar-refractivity contribution >= 4 is 5.91 Å². The second-order valence-electron chi connectivity index (χ2n) is 9.12. The summed E-state index contributed by atoms with van der Waals surface area (Å²) in [5, 5.41) is 3.09. The average Bonchev–Trinajstić information content (AvgIpc) is 3.24. The van der Waals surface area contributed by atoms with Crippen molar-refractivity contribution in [3.63, 3.8) is 0 Å². The molecule has 30 heavy (non-hydrogen) atoms. The van der Waals surface area contributed by atoms with Crippen LogP contribution in [0.4, 0.5) is 0 Å². The molecule has 2 heterocycles. The van der Waals surface area contributed by atoms with Gasteiger partial charge in [-0.1, -0.05) is 31.2 Å². The van der Waals surface area contributed by atoms with Crippen LogP contribution in [0.2, 0.25) is 0 Å². The molecular weight excluding hydrogens is 376 g/mol. The highest BCUT2D eigenvalue weighted by molar-refractivity contribution is 5.76. The molecule has 1 saturated carbocycles. The summed E-state index contributed by atoms with van der Waals surface area (Å²) in [6.45, 7) is 9.83. The lowest BCUT2D eigenvalue weighted by Crippen LogP contribution is -2.45. The minimum Gasteiger partial charge on any atom is -0.466 e. The topological polar surface area (TPSA) is 54.7 Å². The fourth-order valence-corrected chi connectivity index (χ4v) is 4.50. The molecule has 4 atom stereocenters. The van der Waals surface area contributed by atoms with Gasteiger partial charge < -0.3 is 14.5 Å². The van der Waals surface area contributed by atoms with Crippen LogP contribution in [0.5, 0.6) is 0 Å². The number of furan rings is 1. The highest BCUT2D eigenvalue weighted by atomic mass is 16.5. The van der Waals surface area contributed by atoms with E-state index in [4.69, 9.17) is 9.15 Å². The predicted octanol–water partition coefficient (Wildman–Crippen LogP) is 4.26. The minimum absolute atomic E-state index is 0.0659. The van der Waals surface area contributed by atoms with E-state index < -0.39 is 0 Å². The Morgan fingerprint density at radius 3 is 2.47 bits per heavy atom. The highest BCUT2D eigenvalue weighted by Crippen LogP contribution is 2.47. The van der Waals surface area contributed by atoms with Gasteiger partial charge in [0.1, 0.15) is 11.5 Å². The van der Waals surface area contributed by atoms with E-state index >= 15 is 0 Å². The third-order valence-electron chi connectivity index (χ3n) is 6.24. The smallest absolute Gasteiger partial charge is 0.220 e. The molecule has 4 unspecified atom stereocenters. The fourth-order valence-electron chi connectivity index (χ4n) is 4.50. The molecule has 2 aromatic rings. The molecule has 1 saturated heterocycles. The summed E-state index contributed by atoms with van der Waals surface area (Å²) in [5.74, 6) is 3.38. The second-order valence-corrected chi connectivity index (χ2v) is 9.12. The van der Waals surface area contributed by atoms with Crippen LogP contribution in [0.15, 0.2) is 40.8 Å². The van der Waals surface area contributed by atoms with Gasteiger partial charge in [-0.2, -0.15) is 0 Å². The van der Waals surface area contributed by atoms with Crippen molar-refractivity contribution in [3.05, 3.63) is 59.0 Å². The molecule has 0 bridgehead atoms. The summed E-state index contributed by atoms with van der Waals surface area (Å²) in [4.78, 5) is 14.8. The first kappa shape index (κ1) is 21.1. The molecule has 1 aliphatic heterocycles. The number of ether oxygens (including phenoxy) is 1. The Morgan fingerprint density at radius 2 is 1.77 bits per heavy atom. The number of nitrogens with one attached hydrogen (secondary N) is 1. The number of aryl methyl sites for hydroxylation is 1. The third-order valence-corrected chi connectivity index (χ3v) is 6.24. The normalized spacial score (nSPS) is 26.5. The lowest BCUT2D eigenvalue weighted by atomic mass is 10.1. The second kappa shape index (κ2) is 9.36. The molecule has 2 aliphatic rings. The number of morpholine rings is 1. The van der Waals surface area contributed by atoms with Crippen molar-refractivity contribution < 1.29 is 13.9 Å². The summed E-state index contributed by atoms with van der Waals surface area (Å²) >= 11 is 0. The van der Waals surface area contributed by atoms with Crippen molar-refractivity contribution in [1.29, 1.82) is 0 Å². The summed E-state index contributed by atoms with van der Waals surface area (Å²) in [6.07, 6.45) is 2.83. The molecule has 1 aromatic carbocycles. The van der Waals surface area contributed by atoms with Crippen LogP contribution in [0.3, 0.4) is 0 Å². The lowest BCUT2D eigenvalue weighted by molar-refractivity contribution is -0.121. The number of hydrogen-bond acceptors (Lipinski definition) is 4. The quantitative estimate of drug-likeness (QED) is 0.706. The Bertz CT molecular complexity index is 852. The fraction of sp³-hybridized carbons (Fsp3) is 0.560. The molecular formula is C25H34N2O3. The van der Waals surface area contributed by atoms with Crippen LogP contribution in [0.25, 0.3) is 0 Å². The largest absolute Gasteiger partial charge is 0.466 e. The first-order chi connectivity index (χ1) is 14.5. The van der Waals surface area contributed by atoms with Crippen molar-refractivity contribution in [2.75, 3.05) is 13.1 Å². The van der Waals surface area contributed by atoms with Crippen LogP contribution >= 0.6 is 0 Å². The van der Waals surface area contributed by atoms with Gasteiger partial charge in [-0.25, -0.2) is 0 Å². The first-order valence-corrected chi connectivity index (χ1v) is 11.3. The Hall–Kier alpha value is -2.11. The van der Waals surface area contributed by atoms with Crippen LogP contribution in [0.1, 0.15) is 62.2 Å². The Kier molecular flexibility index (Phi) is 6.59. The number of benzene rings is 1. The molecule has 4 rings (SSSR count). The molecule has 0 radical (unpaired) electrons. The molecule has 1 N–H and O–H groups in total. The highest BCUT2D eigenvalue weighted by Gasteiger charge is 2.36. The zero-order chi connectivity index (χ0) is 21.1. The molecule has 0 spiro atoms. The number of nitrogens with zero attached hydrogens (tertiary/aromatic N) is 1. The van der Waals surface area contributed by atoms with E-state index in [0.717, 1.165) is 37.1 Å². The van der Waals surface area contributed by atoms with E-state index in [9.17, 15) is 4.79 Å². The van der Waals surface area contributed by atoms with Gasteiger partial charge in [0.25, 0.3) is 0 Å². The van der Waals surface area contributed by atoms with Crippen LogP contribution in [0, 0.1) is 5.92 Å². The van der Waals surface area contributed by atoms with E-state index in [1.54, 1.807) is 0 Å². The van der Waals surface area contributed by atoms with Crippen LogP contribution in [-0.4, -0.2) is 36.1 Å². The van der Waals surface area contributed by atoms with Crippen LogP contribution in [-0.2, 0) is 29.0 Å². The number of carbonyl (C=O) groups excluding carboxylic acids is 1. The summed E-state index contributed by atoms with van der Waals surface area (Å²) in [6, 6.07) is 12.5. The third kappa shape index (κ3) is 5.52. The van der Waals surface area contributed by atoms with Crippen molar-refractivity contribution in [2.24, 2.45) is 5.92 Å². The number of amides is 1. The number of rotatable bonds is 8. The minimum atomic E-state index is 0.0659. The lowest BCUT2D eigenvalue weighted by Gasteiger charge is -2.35. The van der Waals surface area contributed by atoms with Gasteiger partial charge in [0.2, 0.25) is 5.91 Å². The Labute approximate surface area is 179 Å². The average molecular weight is 411 g/mol. The Balaban J connectivity index is 1.26. The molecule has 5 nitrogen and oxygen atoms in total. The van der Waals surface area contributed by atoms with Crippen molar-refractivity contribution in [2.45, 2.75) is 71.2 Å². The molecule has 1 amide bonds. The van der Waals surface area contributed by atoms with E-state index in [1.807, 2.05) is 12.1 Å². The van der Waals surface area contributed by atoms with Gasteiger partial charge in [-0.15, -0.1) is 0 Å². The van der Waals surface area contributed by atoms with Gasteiger partial charge in [0, 0.05) is 44.9 Å². The molecule has 5 heteroatoms. The SMILES string of the molecule is CC1CN(Cc2ccccc2CNC(=O)CCc2ccc(C3CC3C)o2)CC(C)O1. The first-order valence-electron chi connectivity index (χ1n) is 11.3. The van der Waals surface area contributed by atoms with E-state index in [1.165, 1.54) is 17.5 Å². The number of carbonyl (C=O) groups is 1. The van der Waals surface area contributed by atoms with Gasteiger partial charge in [-0.3, -0.25) is 9.69 Å². The van der Waals surface area contributed by atoms with E-state index in [0.29, 0.717) is 25.3 Å². The molecule has 1 aliphatic carbocycles. The van der Waals surface area contributed by atoms with Crippen molar-refractivity contribution in [3.8, 4) is 0 Å². The molecule has 162 valence electrons. The van der Waals surface area contributed by atoms with Gasteiger partial charge in [0.15, 0.2) is 0 Å². The molecule has 1 aromatic heterocycles. The van der Waals surface area contributed by atoms with Gasteiger partial charge in [0.05, 0.1) is 12.2 Å². The standard InChI is InChI=1S/C25H34N2O3/c1-17-12-23(17)24-10-8-22(30-24)9-11-25(28)26-13-20-6-4-5-7-21(20)16-27-14-18(2)29-19(3)15-27/h4-8,10,17-19,23H,9,11-16H2,1-3H3,(H,26,28). The van der Waals surface area contributed by atoms with Gasteiger partial charge in [-0.05, 0) is 49.4 Å². The zero-order valence-electron chi connectivity index (χ0n) is 18.4. The number of hydrogen-bond donors (Lipinski definition) is 1. The van der Waals surface area contributed by atoms with Crippen LogP contribution < -0.4 is 5.32 Å². The summed E-state index contributed by atoms with van der Waals surface area (Å²) in [7, 11) is 0. The summed E-state index contributed by atoms with van der Waals surface area (Å²) in [5.41, 5.74) is 2.45. The van der Waals surface area contributed by atoms with Gasteiger partial charge >= 0.3 is 0 Å². The molecule has 2 fully saturated rings. The van der Waals surface area contributed by atoms with E-state index in [2.05, 4.69) is 55.3 Å². The monoisotopic (exact) mass is 410 g/mol. The predicted molar refractivity (Wildman–Crippen MR) is 117 cm³/mol. The maximum Gasteiger partial charge on any atom is 0.220 e. The zero-order valence-corrected chi connectivity index (χ0v) is 18.4. The maximum absolute atomic E-state index is 12.4. The Morgan fingerprint density at radius 1 is 1.07 bits per heavy atom.